The molecule has 0 radical (unpaired) electrons. The normalized spacial score (nSPS) is 16.9. The average Bonchev–Trinajstić information content (AvgIpc) is 3.15. The second-order valence-corrected chi connectivity index (χ2v) is 9.72. The van der Waals surface area contributed by atoms with Crippen molar-refractivity contribution < 1.29 is 14.6 Å². The van der Waals surface area contributed by atoms with Gasteiger partial charge < -0.3 is 20.1 Å². The fourth-order valence-corrected chi connectivity index (χ4v) is 4.94. The number of likely N-dealkylation sites (tertiary alicyclic amines) is 1. The third-order valence-electron chi connectivity index (χ3n) is 6.84. The van der Waals surface area contributed by atoms with Crippen LogP contribution < -0.4 is 15.7 Å². The lowest BCUT2D eigenvalue weighted by Crippen LogP contribution is -2.48. The summed E-state index contributed by atoms with van der Waals surface area (Å²) in [5.74, 6) is 1.06. The maximum Gasteiger partial charge on any atom is 0.337 e. The molecule has 0 spiro atoms. The summed E-state index contributed by atoms with van der Waals surface area (Å²) >= 11 is 0. The SMILES string of the molecule is CC(NC(=O)n1c(=O)n(C(C)C)c2ccccc21)C1CCN(CC(O)COc2ccccc2)CC1. The molecule has 188 valence electrons. The Kier molecular flexibility index (Phi) is 7.93. The minimum Gasteiger partial charge on any atom is -0.491 e. The van der Waals surface area contributed by atoms with Crippen molar-refractivity contribution in [3.05, 3.63) is 65.1 Å². The Morgan fingerprint density at radius 1 is 1.03 bits per heavy atom. The smallest absolute Gasteiger partial charge is 0.337 e. The molecule has 1 saturated heterocycles. The molecule has 0 aliphatic carbocycles. The molecular weight excluding hydrogens is 444 g/mol. The van der Waals surface area contributed by atoms with Gasteiger partial charge in [-0.05, 0) is 76.9 Å². The third-order valence-corrected chi connectivity index (χ3v) is 6.84. The van der Waals surface area contributed by atoms with E-state index in [2.05, 4.69) is 10.2 Å². The van der Waals surface area contributed by atoms with E-state index in [1.165, 1.54) is 4.57 Å². The van der Waals surface area contributed by atoms with Crippen molar-refractivity contribution in [2.45, 2.75) is 51.8 Å². The highest BCUT2D eigenvalue weighted by molar-refractivity contribution is 5.89. The van der Waals surface area contributed by atoms with E-state index < -0.39 is 6.10 Å². The van der Waals surface area contributed by atoms with Gasteiger partial charge in [0.1, 0.15) is 18.5 Å². The first kappa shape index (κ1) is 25.0. The van der Waals surface area contributed by atoms with Gasteiger partial charge in [0.25, 0.3) is 0 Å². The van der Waals surface area contributed by atoms with E-state index in [0.717, 1.165) is 37.2 Å². The number of hydrogen-bond donors (Lipinski definition) is 2. The number of aromatic nitrogens is 2. The minimum atomic E-state index is -0.561. The first-order valence-electron chi connectivity index (χ1n) is 12.5. The number of aliphatic hydroxyl groups is 1. The Bertz CT molecular complexity index is 1180. The Labute approximate surface area is 206 Å². The van der Waals surface area contributed by atoms with Crippen LogP contribution in [0.15, 0.2) is 59.4 Å². The van der Waals surface area contributed by atoms with Crippen molar-refractivity contribution >= 4 is 17.1 Å². The summed E-state index contributed by atoms with van der Waals surface area (Å²) in [5, 5.41) is 13.4. The molecular formula is C27H36N4O4. The predicted molar refractivity (Wildman–Crippen MR) is 137 cm³/mol. The molecule has 1 aliphatic heterocycles. The molecule has 1 amide bonds. The molecule has 0 bridgehead atoms. The van der Waals surface area contributed by atoms with Crippen LogP contribution in [0.25, 0.3) is 11.0 Å². The summed E-state index contributed by atoms with van der Waals surface area (Å²) in [5.41, 5.74) is 1.07. The summed E-state index contributed by atoms with van der Waals surface area (Å²) in [4.78, 5) is 28.4. The first-order valence-corrected chi connectivity index (χ1v) is 12.5. The Balaban J connectivity index is 1.30. The predicted octanol–water partition coefficient (Wildman–Crippen LogP) is 3.48. The summed E-state index contributed by atoms with van der Waals surface area (Å²) in [6.45, 7) is 8.40. The number of fused-ring (bicyclic) bond motifs is 1. The van der Waals surface area contributed by atoms with Crippen LogP contribution in [0.4, 0.5) is 4.79 Å². The van der Waals surface area contributed by atoms with Crippen LogP contribution in [0.5, 0.6) is 5.75 Å². The topological polar surface area (TPSA) is 88.7 Å². The fourth-order valence-electron chi connectivity index (χ4n) is 4.94. The number of amides is 1. The van der Waals surface area contributed by atoms with E-state index in [0.29, 0.717) is 18.0 Å². The van der Waals surface area contributed by atoms with Crippen LogP contribution in [-0.2, 0) is 0 Å². The van der Waals surface area contributed by atoms with Gasteiger partial charge in [-0.1, -0.05) is 30.3 Å². The number of β-amino-alcohol motifs (C(OH)–C–C–N with tert-alkyl or cyclic N) is 1. The molecule has 1 aromatic heterocycles. The highest BCUT2D eigenvalue weighted by Crippen LogP contribution is 2.22. The zero-order valence-corrected chi connectivity index (χ0v) is 20.8. The van der Waals surface area contributed by atoms with Gasteiger partial charge in [-0.3, -0.25) is 4.57 Å². The second kappa shape index (κ2) is 11.1. The van der Waals surface area contributed by atoms with E-state index in [-0.39, 0.29) is 30.4 Å². The van der Waals surface area contributed by atoms with Gasteiger partial charge >= 0.3 is 11.7 Å². The monoisotopic (exact) mass is 480 g/mol. The van der Waals surface area contributed by atoms with Crippen LogP contribution in [-0.4, -0.2) is 63.6 Å². The van der Waals surface area contributed by atoms with Gasteiger partial charge in [-0.2, -0.15) is 0 Å². The van der Waals surface area contributed by atoms with Gasteiger partial charge in [0, 0.05) is 18.6 Å². The highest BCUT2D eigenvalue weighted by atomic mass is 16.5. The van der Waals surface area contributed by atoms with E-state index >= 15 is 0 Å². The van der Waals surface area contributed by atoms with Crippen LogP contribution in [0, 0.1) is 5.92 Å². The largest absolute Gasteiger partial charge is 0.491 e. The van der Waals surface area contributed by atoms with Crippen molar-refractivity contribution in [3.63, 3.8) is 0 Å². The molecule has 4 rings (SSSR count). The van der Waals surface area contributed by atoms with Crippen molar-refractivity contribution in [1.82, 2.24) is 19.4 Å². The quantitative estimate of drug-likeness (QED) is 0.515. The van der Waals surface area contributed by atoms with Gasteiger partial charge in [-0.25, -0.2) is 14.2 Å². The molecule has 2 unspecified atom stereocenters. The molecule has 8 nitrogen and oxygen atoms in total. The number of rotatable bonds is 8. The summed E-state index contributed by atoms with van der Waals surface area (Å²) in [6, 6.07) is 16.4. The second-order valence-electron chi connectivity index (χ2n) is 9.72. The molecule has 8 heteroatoms. The lowest BCUT2D eigenvalue weighted by atomic mass is 9.90. The number of carbonyl (C=O) groups excluding carboxylic acids is 1. The summed E-state index contributed by atoms with van der Waals surface area (Å²) < 4.78 is 8.57. The molecule has 2 aromatic carbocycles. The molecule has 3 aromatic rings. The van der Waals surface area contributed by atoms with E-state index in [1.54, 1.807) is 4.57 Å². The van der Waals surface area contributed by atoms with E-state index in [4.69, 9.17) is 4.74 Å². The molecule has 1 aliphatic rings. The van der Waals surface area contributed by atoms with Gasteiger partial charge in [0.15, 0.2) is 0 Å². The highest BCUT2D eigenvalue weighted by Gasteiger charge is 2.28. The number of nitrogens with one attached hydrogen (secondary N) is 1. The number of para-hydroxylation sites is 3. The number of piperidine rings is 1. The van der Waals surface area contributed by atoms with Crippen LogP contribution in [0.2, 0.25) is 0 Å². The molecule has 2 atom stereocenters. The number of benzene rings is 2. The van der Waals surface area contributed by atoms with Crippen LogP contribution in [0.3, 0.4) is 0 Å². The van der Waals surface area contributed by atoms with E-state index in [9.17, 15) is 14.7 Å². The Hall–Kier alpha value is -3.10. The lowest BCUT2D eigenvalue weighted by molar-refractivity contribution is 0.0526. The molecule has 0 saturated carbocycles. The number of carbonyl (C=O) groups is 1. The third kappa shape index (κ3) is 5.77. The minimum absolute atomic E-state index is 0.0448. The first-order chi connectivity index (χ1) is 16.8. The lowest BCUT2D eigenvalue weighted by Gasteiger charge is -2.35. The van der Waals surface area contributed by atoms with Crippen molar-refractivity contribution in [3.8, 4) is 5.75 Å². The van der Waals surface area contributed by atoms with Crippen molar-refractivity contribution in [2.75, 3.05) is 26.2 Å². The zero-order valence-electron chi connectivity index (χ0n) is 20.8. The molecule has 2 heterocycles. The number of nitrogens with zero attached hydrogens (tertiary/aromatic N) is 3. The Morgan fingerprint density at radius 2 is 1.66 bits per heavy atom. The van der Waals surface area contributed by atoms with E-state index in [1.807, 2.05) is 75.4 Å². The van der Waals surface area contributed by atoms with Gasteiger partial charge in [-0.15, -0.1) is 0 Å². The maximum absolute atomic E-state index is 13.1. The standard InChI is InChI=1S/C27H36N4O4/c1-19(2)30-24-11-7-8-12-25(24)31(27(30)34)26(33)28-20(3)21-13-15-29(16-14-21)17-22(32)18-35-23-9-5-4-6-10-23/h4-12,19-22,32H,13-18H2,1-3H3,(H,28,33). The number of aliphatic hydroxyl groups excluding tert-OH is 1. The number of hydrogen-bond acceptors (Lipinski definition) is 5. The summed E-state index contributed by atoms with van der Waals surface area (Å²) in [6.07, 6.45) is 1.27. The molecule has 2 N–H and O–H groups in total. The van der Waals surface area contributed by atoms with Gasteiger partial charge in [0.05, 0.1) is 11.0 Å². The summed E-state index contributed by atoms with van der Waals surface area (Å²) in [7, 11) is 0. The number of ether oxygens (including phenoxy) is 1. The zero-order chi connectivity index (χ0) is 24.9. The van der Waals surface area contributed by atoms with Crippen molar-refractivity contribution in [1.29, 1.82) is 0 Å². The fraction of sp³-hybridized carbons (Fsp3) is 0.481. The molecule has 1 fully saturated rings. The van der Waals surface area contributed by atoms with Crippen molar-refractivity contribution in [2.24, 2.45) is 5.92 Å². The Morgan fingerprint density at radius 3 is 2.31 bits per heavy atom. The molecule has 35 heavy (non-hydrogen) atoms. The average molecular weight is 481 g/mol. The van der Waals surface area contributed by atoms with Gasteiger partial charge in [0.2, 0.25) is 0 Å². The number of imidazole rings is 1. The van der Waals surface area contributed by atoms with Crippen LogP contribution >= 0.6 is 0 Å². The maximum atomic E-state index is 13.1. The van der Waals surface area contributed by atoms with Crippen LogP contribution in [0.1, 0.15) is 39.7 Å².